The topological polar surface area (TPSA) is 38.7 Å². The SMILES string of the molecule is O[C@@H](COCc1ccccc1)C[N+]1(Cc2ccccc2)CCOCC1. The van der Waals surface area contributed by atoms with Crippen molar-refractivity contribution in [3.8, 4) is 0 Å². The summed E-state index contributed by atoms with van der Waals surface area (Å²) in [5.74, 6) is 0. The molecule has 25 heavy (non-hydrogen) atoms. The highest BCUT2D eigenvalue weighted by Crippen LogP contribution is 2.19. The van der Waals surface area contributed by atoms with Crippen molar-refractivity contribution < 1.29 is 19.1 Å². The van der Waals surface area contributed by atoms with Crippen LogP contribution in [0.15, 0.2) is 60.7 Å². The van der Waals surface area contributed by atoms with Gasteiger partial charge in [-0.05, 0) is 5.56 Å². The Morgan fingerprint density at radius 2 is 1.52 bits per heavy atom. The van der Waals surface area contributed by atoms with Gasteiger partial charge in [0.25, 0.3) is 0 Å². The zero-order valence-corrected chi connectivity index (χ0v) is 14.7. The van der Waals surface area contributed by atoms with Crippen molar-refractivity contribution in [2.24, 2.45) is 0 Å². The van der Waals surface area contributed by atoms with Crippen LogP contribution in [0.1, 0.15) is 11.1 Å². The van der Waals surface area contributed by atoms with Gasteiger partial charge >= 0.3 is 0 Å². The molecule has 1 heterocycles. The van der Waals surface area contributed by atoms with Gasteiger partial charge in [0.2, 0.25) is 0 Å². The van der Waals surface area contributed by atoms with Gasteiger partial charge in [-0.1, -0.05) is 60.7 Å². The third kappa shape index (κ3) is 5.65. The minimum atomic E-state index is -0.467. The van der Waals surface area contributed by atoms with E-state index in [-0.39, 0.29) is 0 Å². The highest BCUT2D eigenvalue weighted by molar-refractivity contribution is 5.14. The summed E-state index contributed by atoms with van der Waals surface area (Å²) in [5, 5.41) is 10.5. The number of benzene rings is 2. The molecule has 1 aliphatic heterocycles. The lowest BCUT2D eigenvalue weighted by Gasteiger charge is -2.42. The molecule has 0 amide bonds. The quantitative estimate of drug-likeness (QED) is 0.750. The molecule has 4 nitrogen and oxygen atoms in total. The highest BCUT2D eigenvalue weighted by atomic mass is 16.5. The summed E-state index contributed by atoms with van der Waals surface area (Å²) in [6.07, 6.45) is -0.467. The van der Waals surface area contributed by atoms with Gasteiger partial charge < -0.3 is 19.1 Å². The van der Waals surface area contributed by atoms with Crippen LogP contribution in [0.5, 0.6) is 0 Å². The smallest absolute Gasteiger partial charge is 0.126 e. The van der Waals surface area contributed by atoms with E-state index in [1.165, 1.54) is 5.56 Å². The molecule has 0 aromatic heterocycles. The van der Waals surface area contributed by atoms with Gasteiger partial charge in [0.1, 0.15) is 32.3 Å². The predicted octanol–water partition coefficient (Wildman–Crippen LogP) is 2.61. The Hall–Kier alpha value is -1.72. The number of quaternary nitrogens is 1. The number of ether oxygens (including phenoxy) is 2. The molecule has 1 fully saturated rings. The van der Waals surface area contributed by atoms with Gasteiger partial charge in [0.05, 0.1) is 26.4 Å². The molecule has 1 saturated heterocycles. The maximum Gasteiger partial charge on any atom is 0.126 e. The van der Waals surface area contributed by atoms with E-state index in [0.717, 1.165) is 42.9 Å². The van der Waals surface area contributed by atoms with E-state index >= 15 is 0 Å². The van der Waals surface area contributed by atoms with Gasteiger partial charge in [-0.15, -0.1) is 0 Å². The third-order valence-electron chi connectivity index (χ3n) is 4.80. The Kier molecular flexibility index (Phi) is 6.59. The Morgan fingerprint density at radius 1 is 0.920 bits per heavy atom. The molecule has 3 rings (SSSR count). The van der Waals surface area contributed by atoms with Crippen LogP contribution >= 0.6 is 0 Å². The number of aliphatic hydroxyl groups excluding tert-OH is 1. The molecule has 0 saturated carbocycles. The van der Waals surface area contributed by atoms with Crippen molar-refractivity contribution in [1.29, 1.82) is 0 Å². The van der Waals surface area contributed by atoms with Gasteiger partial charge in [0.15, 0.2) is 0 Å². The van der Waals surface area contributed by atoms with Crippen LogP contribution in [-0.2, 0) is 22.6 Å². The molecular formula is C21H28NO3+. The molecular weight excluding hydrogens is 314 g/mol. The first-order chi connectivity index (χ1) is 12.3. The second kappa shape index (κ2) is 9.11. The van der Waals surface area contributed by atoms with E-state index in [1.54, 1.807) is 0 Å². The number of aliphatic hydroxyl groups is 1. The van der Waals surface area contributed by atoms with E-state index in [4.69, 9.17) is 9.47 Å². The maximum absolute atomic E-state index is 10.5. The summed E-state index contributed by atoms with van der Waals surface area (Å²) < 4.78 is 12.1. The average Bonchev–Trinajstić information content (AvgIpc) is 2.64. The van der Waals surface area contributed by atoms with Crippen molar-refractivity contribution in [3.63, 3.8) is 0 Å². The van der Waals surface area contributed by atoms with Crippen LogP contribution in [-0.4, -0.2) is 55.1 Å². The first-order valence-electron chi connectivity index (χ1n) is 9.02. The van der Waals surface area contributed by atoms with Crippen molar-refractivity contribution in [2.75, 3.05) is 39.5 Å². The summed E-state index contributed by atoms with van der Waals surface area (Å²) in [6, 6.07) is 20.6. The number of hydrogen-bond donors (Lipinski definition) is 1. The first-order valence-corrected chi connectivity index (χ1v) is 9.02. The van der Waals surface area contributed by atoms with Crippen LogP contribution in [0.2, 0.25) is 0 Å². The molecule has 0 spiro atoms. The average molecular weight is 342 g/mol. The lowest BCUT2D eigenvalue weighted by Crippen LogP contribution is -2.58. The Labute approximate surface area is 150 Å². The molecule has 134 valence electrons. The third-order valence-corrected chi connectivity index (χ3v) is 4.80. The molecule has 0 unspecified atom stereocenters. The summed E-state index contributed by atoms with van der Waals surface area (Å²) in [4.78, 5) is 0. The number of nitrogens with zero attached hydrogens (tertiary/aromatic N) is 1. The Bertz CT molecular complexity index is 612. The lowest BCUT2D eigenvalue weighted by atomic mass is 10.1. The highest BCUT2D eigenvalue weighted by Gasteiger charge is 2.33. The van der Waals surface area contributed by atoms with Crippen LogP contribution < -0.4 is 0 Å². The van der Waals surface area contributed by atoms with Gasteiger partial charge in [0, 0.05) is 5.56 Å². The Balaban J connectivity index is 1.54. The van der Waals surface area contributed by atoms with E-state index in [0.29, 0.717) is 19.8 Å². The molecule has 1 N–H and O–H groups in total. The summed E-state index contributed by atoms with van der Waals surface area (Å²) in [5.41, 5.74) is 2.44. The fourth-order valence-electron chi connectivity index (χ4n) is 3.49. The van der Waals surface area contributed by atoms with E-state index in [2.05, 4.69) is 24.3 Å². The number of hydrogen-bond acceptors (Lipinski definition) is 3. The minimum absolute atomic E-state index is 0.366. The van der Waals surface area contributed by atoms with Crippen molar-refractivity contribution in [2.45, 2.75) is 19.3 Å². The van der Waals surface area contributed by atoms with E-state index in [1.807, 2.05) is 36.4 Å². The largest absolute Gasteiger partial charge is 0.385 e. The van der Waals surface area contributed by atoms with Crippen molar-refractivity contribution in [3.05, 3.63) is 71.8 Å². The predicted molar refractivity (Wildman–Crippen MR) is 97.9 cm³/mol. The molecule has 2 aromatic rings. The summed E-state index contributed by atoms with van der Waals surface area (Å²) >= 11 is 0. The van der Waals surface area contributed by atoms with Crippen LogP contribution in [0, 0.1) is 0 Å². The maximum atomic E-state index is 10.5. The van der Waals surface area contributed by atoms with Gasteiger partial charge in [-0.3, -0.25) is 0 Å². The molecule has 1 aliphatic rings. The van der Waals surface area contributed by atoms with E-state index < -0.39 is 6.10 Å². The molecule has 0 radical (unpaired) electrons. The van der Waals surface area contributed by atoms with Crippen LogP contribution in [0.25, 0.3) is 0 Å². The lowest BCUT2D eigenvalue weighted by molar-refractivity contribution is -0.950. The molecule has 0 aliphatic carbocycles. The number of rotatable bonds is 8. The zero-order chi connectivity index (χ0) is 17.4. The first kappa shape index (κ1) is 18.1. The molecule has 4 heteroatoms. The molecule has 1 atom stereocenters. The zero-order valence-electron chi connectivity index (χ0n) is 14.7. The minimum Gasteiger partial charge on any atom is -0.385 e. The van der Waals surface area contributed by atoms with Crippen LogP contribution in [0.4, 0.5) is 0 Å². The van der Waals surface area contributed by atoms with Crippen molar-refractivity contribution in [1.82, 2.24) is 0 Å². The fraction of sp³-hybridized carbons (Fsp3) is 0.429. The van der Waals surface area contributed by atoms with Crippen molar-refractivity contribution >= 4 is 0 Å². The van der Waals surface area contributed by atoms with Gasteiger partial charge in [-0.2, -0.15) is 0 Å². The fourth-order valence-corrected chi connectivity index (χ4v) is 3.49. The standard InChI is InChI=1S/C21H28NO3/c23-21(18-25-17-20-9-5-2-6-10-20)16-22(11-13-24-14-12-22)15-19-7-3-1-4-8-19/h1-10,21,23H,11-18H2/q+1/t21-/m1/s1. The van der Waals surface area contributed by atoms with Crippen LogP contribution in [0.3, 0.4) is 0 Å². The summed E-state index contributed by atoms with van der Waals surface area (Å²) in [6.45, 7) is 5.92. The molecule has 0 bridgehead atoms. The molecule has 2 aromatic carbocycles. The second-order valence-electron chi connectivity index (χ2n) is 6.88. The monoisotopic (exact) mass is 342 g/mol. The van der Waals surface area contributed by atoms with Gasteiger partial charge in [-0.25, -0.2) is 0 Å². The van der Waals surface area contributed by atoms with E-state index in [9.17, 15) is 5.11 Å². The normalized spacial score (nSPS) is 18.0. The number of morpholine rings is 1. The Morgan fingerprint density at radius 3 is 2.16 bits per heavy atom. The summed E-state index contributed by atoms with van der Waals surface area (Å²) in [7, 11) is 0. The second-order valence-corrected chi connectivity index (χ2v) is 6.88.